The highest BCUT2D eigenvalue weighted by Gasteiger charge is 2.43. The summed E-state index contributed by atoms with van der Waals surface area (Å²) in [5.41, 5.74) is 2.97. The van der Waals surface area contributed by atoms with Crippen molar-refractivity contribution in [3.8, 4) is 6.07 Å². The van der Waals surface area contributed by atoms with E-state index >= 15 is 0 Å². The van der Waals surface area contributed by atoms with Crippen LogP contribution in [0.5, 0.6) is 0 Å². The Kier molecular flexibility index (Phi) is 9.65. The molecule has 0 saturated heterocycles. The number of benzene rings is 1. The number of nitrogens with zero attached hydrogens (tertiary/aromatic N) is 1. The Hall–Kier alpha value is -1.81. The van der Waals surface area contributed by atoms with Crippen LogP contribution in [0.2, 0.25) is 0 Å². The second-order valence-electron chi connectivity index (χ2n) is 10.6. The SMILES string of the molecule is CCCCCCCC1(C#N)CCC(C2(CCCCC)C=CC(c3ccccc3)=CC2)CC1. The monoisotopic (exact) mass is 431 g/mol. The minimum absolute atomic E-state index is 0.0449. The van der Waals surface area contributed by atoms with E-state index in [2.05, 4.69) is 68.5 Å². The summed E-state index contributed by atoms with van der Waals surface area (Å²) in [5.74, 6) is 0.728. The first-order chi connectivity index (χ1) is 15.7. The quantitative estimate of drug-likeness (QED) is 0.302. The molecule has 3 rings (SSSR count). The molecule has 0 aliphatic heterocycles. The van der Waals surface area contributed by atoms with E-state index in [9.17, 15) is 5.26 Å². The van der Waals surface area contributed by atoms with Crippen molar-refractivity contribution >= 4 is 5.57 Å². The van der Waals surface area contributed by atoms with Gasteiger partial charge in [-0.05, 0) is 67.4 Å². The lowest BCUT2D eigenvalue weighted by Crippen LogP contribution is -2.36. The van der Waals surface area contributed by atoms with Crippen LogP contribution < -0.4 is 0 Å². The topological polar surface area (TPSA) is 23.8 Å². The molecule has 0 amide bonds. The predicted octanol–water partition coefficient (Wildman–Crippen LogP) is 9.66. The standard InChI is InChI=1S/C31H45N/c1-3-5-7-8-13-20-30(26-32)22-18-29(19-23-30)31(21-12-6-4-2)24-16-28(17-25-31)27-14-10-9-11-15-27/h9-11,14-17,24,29H,3-8,12-13,18-23,25H2,1-2H3. The summed E-state index contributed by atoms with van der Waals surface area (Å²) in [7, 11) is 0. The Morgan fingerprint density at radius 2 is 1.53 bits per heavy atom. The molecule has 1 unspecified atom stereocenters. The van der Waals surface area contributed by atoms with Crippen molar-refractivity contribution in [3.05, 3.63) is 54.1 Å². The zero-order chi connectivity index (χ0) is 22.7. The number of rotatable bonds is 12. The average molecular weight is 432 g/mol. The van der Waals surface area contributed by atoms with Crippen molar-refractivity contribution in [2.45, 2.75) is 110 Å². The van der Waals surface area contributed by atoms with Gasteiger partial charge in [0.2, 0.25) is 0 Å². The summed E-state index contributed by atoms with van der Waals surface area (Å²) < 4.78 is 0. The van der Waals surface area contributed by atoms with Gasteiger partial charge in [0.15, 0.2) is 0 Å². The molecule has 0 spiro atoms. The van der Waals surface area contributed by atoms with E-state index in [4.69, 9.17) is 0 Å². The van der Waals surface area contributed by atoms with Gasteiger partial charge in [-0.3, -0.25) is 0 Å². The molecule has 1 aromatic carbocycles. The van der Waals surface area contributed by atoms with Crippen molar-refractivity contribution in [1.29, 1.82) is 5.26 Å². The van der Waals surface area contributed by atoms with Crippen molar-refractivity contribution < 1.29 is 0 Å². The highest BCUT2D eigenvalue weighted by atomic mass is 14.5. The normalized spacial score (nSPS) is 27.7. The van der Waals surface area contributed by atoms with Crippen LogP contribution in [0.4, 0.5) is 0 Å². The van der Waals surface area contributed by atoms with Gasteiger partial charge in [-0.1, -0.05) is 114 Å². The molecule has 0 bridgehead atoms. The number of allylic oxidation sites excluding steroid dienone is 4. The minimum Gasteiger partial charge on any atom is -0.198 e. The number of hydrogen-bond donors (Lipinski definition) is 0. The Morgan fingerprint density at radius 1 is 0.875 bits per heavy atom. The third kappa shape index (κ3) is 6.37. The third-order valence-electron chi connectivity index (χ3n) is 8.40. The van der Waals surface area contributed by atoms with E-state index in [-0.39, 0.29) is 5.41 Å². The summed E-state index contributed by atoms with van der Waals surface area (Å²) in [6, 6.07) is 13.6. The summed E-state index contributed by atoms with van der Waals surface area (Å²) in [5, 5.41) is 10.1. The molecule has 2 aliphatic carbocycles. The van der Waals surface area contributed by atoms with Gasteiger partial charge >= 0.3 is 0 Å². The Balaban J connectivity index is 1.64. The summed E-state index contributed by atoms with van der Waals surface area (Å²) in [4.78, 5) is 0. The molecular weight excluding hydrogens is 386 g/mol. The second-order valence-corrected chi connectivity index (χ2v) is 10.6. The molecule has 0 N–H and O–H groups in total. The first-order valence-electron chi connectivity index (χ1n) is 13.5. The van der Waals surface area contributed by atoms with Crippen LogP contribution in [0.15, 0.2) is 48.6 Å². The van der Waals surface area contributed by atoms with E-state index in [1.807, 2.05) is 0 Å². The largest absolute Gasteiger partial charge is 0.198 e. The van der Waals surface area contributed by atoms with Crippen molar-refractivity contribution in [2.75, 3.05) is 0 Å². The van der Waals surface area contributed by atoms with Crippen LogP contribution >= 0.6 is 0 Å². The highest BCUT2D eigenvalue weighted by Crippen LogP contribution is 2.53. The zero-order valence-corrected chi connectivity index (χ0v) is 20.7. The molecule has 0 radical (unpaired) electrons. The summed E-state index contributed by atoms with van der Waals surface area (Å²) in [6.07, 6.45) is 26.2. The van der Waals surface area contributed by atoms with Crippen LogP contribution in [0.1, 0.15) is 116 Å². The molecule has 0 aromatic heterocycles. The van der Waals surface area contributed by atoms with Crippen LogP contribution in [0.3, 0.4) is 0 Å². The van der Waals surface area contributed by atoms with Gasteiger partial charge in [-0.2, -0.15) is 5.26 Å². The van der Waals surface area contributed by atoms with E-state index in [0.29, 0.717) is 5.41 Å². The molecular formula is C31H45N. The van der Waals surface area contributed by atoms with E-state index in [0.717, 1.165) is 25.2 Å². The fourth-order valence-electron chi connectivity index (χ4n) is 6.16. The van der Waals surface area contributed by atoms with Crippen molar-refractivity contribution in [2.24, 2.45) is 16.7 Å². The van der Waals surface area contributed by atoms with Crippen LogP contribution in [-0.4, -0.2) is 0 Å². The van der Waals surface area contributed by atoms with Crippen LogP contribution in [-0.2, 0) is 0 Å². The van der Waals surface area contributed by atoms with E-state index in [1.165, 1.54) is 88.2 Å². The van der Waals surface area contributed by atoms with Crippen LogP contribution in [0, 0.1) is 28.1 Å². The van der Waals surface area contributed by atoms with E-state index < -0.39 is 0 Å². The lowest BCUT2D eigenvalue weighted by atomic mass is 9.58. The van der Waals surface area contributed by atoms with Gasteiger partial charge in [0.25, 0.3) is 0 Å². The van der Waals surface area contributed by atoms with Gasteiger partial charge in [-0.25, -0.2) is 0 Å². The Labute approximate surface area is 198 Å². The van der Waals surface area contributed by atoms with Crippen LogP contribution in [0.25, 0.3) is 5.57 Å². The van der Waals surface area contributed by atoms with Crippen molar-refractivity contribution in [1.82, 2.24) is 0 Å². The molecule has 1 aromatic rings. The smallest absolute Gasteiger partial charge is 0.0689 e. The summed E-state index contributed by atoms with van der Waals surface area (Å²) >= 11 is 0. The number of nitriles is 1. The zero-order valence-electron chi connectivity index (χ0n) is 20.7. The summed E-state index contributed by atoms with van der Waals surface area (Å²) in [6.45, 7) is 4.57. The molecule has 1 atom stereocenters. The fourth-order valence-corrected chi connectivity index (χ4v) is 6.16. The Morgan fingerprint density at radius 3 is 2.16 bits per heavy atom. The van der Waals surface area contributed by atoms with Gasteiger partial charge in [0.05, 0.1) is 11.5 Å². The van der Waals surface area contributed by atoms with Gasteiger partial charge in [-0.15, -0.1) is 0 Å². The van der Waals surface area contributed by atoms with E-state index in [1.54, 1.807) is 0 Å². The van der Waals surface area contributed by atoms with Crippen molar-refractivity contribution in [3.63, 3.8) is 0 Å². The third-order valence-corrected chi connectivity index (χ3v) is 8.40. The molecule has 1 fully saturated rings. The number of unbranched alkanes of at least 4 members (excludes halogenated alkanes) is 6. The molecule has 1 nitrogen and oxygen atoms in total. The maximum atomic E-state index is 10.1. The predicted molar refractivity (Wildman–Crippen MR) is 138 cm³/mol. The highest BCUT2D eigenvalue weighted by molar-refractivity contribution is 5.75. The molecule has 1 heteroatoms. The molecule has 1 saturated carbocycles. The maximum absolute atomic E-state index is 10.1. The molecule has 174 valence electrons. The minimum atomic E-state index is -0.0449. The Bertz CT molecular complexity index is 772. The lowest BCUT2D eigenvalue weighted by molar-refractivity contribution is 0.100. The second kappa shape index (κ2) is 12.4. The number of hydrogen-bond acceptors (Lipinski definition) is 1. The molecule has 0 heterocycles. The molecule has 32 heavy (non-hydrogen) atoms. The first kappa shape index (κ1) is 24.8. The van der Waals surface area contributed by atoms with Gasteiger partial charge in [0, 0.05) is 0 Å². The first-order valence-corrected chi connectivity index (χ1v) is 13.5. The fraction of sp³-hybridized carbons (Fsp3) is 0.645. The lowest BCUT2D eigenvalue weighted by Gasteiger charge is -2.45. The molecule has 2 aliphatic rings. The van der Waals surface area contributed by atoms with Gasteiger partial charge in [0.1, 0.15) is 0 Å². The maximum Gasteiger partial charge on any atom is 0.0689 e. The van der Waals surface area contributed by atoms with Gasteiger partial charge < -0.3 is 0 Å². The average Bonchev–Trinajstić information content (AvgIpc) is 2.85.